The molecule has 0 aliphatic heterocycles. The van der Waals surface area contributed by atoms with Gasteiger partial charge in [0.05, 0.1) is 33.0 Å². The zero-order chi connectivity index (χ0) is 17.5. The van der Waals surface area contributed by atoms with Gasteiger partial charge >= 0.3 is 0 Å². The van der Waals surface area contributed by atoms with E-state index >= 15 is 0 Å². The molecule has 0 amide bonds. The van der Waals surface area contributed by atoms with E-state index in [4.69, 9.17) is 24.7 Å². The summed E-state index contributed by atoms with van der Waals surface area (Å²) in [7, 11) is 0. The van der Waals surface area contributed by atoms with Crippen molar-refractivity contribution in [1.82, 2.24) is 0 Å². The Kier molecular flexibility index (Phi) is 11.7. The minimum atomic E-state index is 0.110. The van der Waals surface area contributed by atoms with Gasteiger partial charge in [-0.3, -0.25) is 4.79 Å². The third-order valence-electron chi connectivity index (χ3n) is 3.23. The van der Waals surface area contributed by atoms with Gasteiger partial charge in [0.2, 0.25) is 0 Å². The molecule has 1 aromatic carbocycles. The quantitative estimate of drug-likeness (QED) is 0.390. The van der Waals surface area contributed by atoms with Crippen LogP contribution in [0, 0.1) is 0 Å². The van der Waals surface area contributed by atoms with Crippen LogP contribution in [-0.4, -0.2) is 52.0 Å². The monoisotopic (exact) mass is 339 g/mol. The van der Waals surface area contributed by atoms with E-state index in [1.165, 1.54) is 0 Å². The van der Waals surface area contributed by atoms with E-state index in [1.807, 2.05) is 31.2 Å². The van der Waals surface area contributed by atoms with E-state index in [-0.39, 0.29) is 12.4 Å². The highest BCUT2D eigenvalue weighted by molar-refractivity contribution is 5.79. The highest BCUT2D eigenvalue weighted by Gasteiger charge is 1.98. The molecule has 6 nitrogen and oxygen atoms in total. The molecular formula is C18H29NO5. The first-order chi connectivity index (χ1) is 11.7. The zero-order valence-corrected chi connectivity index (χ0v) is 14.5. The van der Waals surface area contributed by atoms with Gasteiger partial charge in [0, 0.05) is 18.7 Å². The Labute approximate surface area is 144 Å². The number of nitrogens with two attached hydrogens (primary N) is 1. The molecule has 0 heterocycles. The molecule has 0 radical (unpaired) electrons. The molecule has 0 aliphatic carbocycles. The lowest BCUT2D eigenvalue weighted by Gasteiger charge is -2.08. The van der Waals surface area contributed by atoms with Gasteiger partial charge in [-0.05, 0) is 37.1 Å². The first-order valence-corrected chi connectivity index (χ1v) is 8.45. The number of nitrogen functional groups attached to an aromatic ring is 1. The van der Waals surface area contributed by atoms with Crippen LogP contribution in [0.3, 0.4) is 0 Å². The van der Waals surface area contributed by atoms with Crippen molar-refractivity contribution in [1.29, 1.82) is 0 Å². The van der Waals surface area contributed by atoms with Gasteiger partial charge in [0.15, 0.2) is 5.78 Å². The fraction of sp³-hybridized carbons (Fsp3) is 0.611. The van der Waals surface area contributed by atoms with Crippen LogP contribution in [0.1, 0.15) is 26.2 Å². The number of carbonyl (C=O) groups is 1. The first-order valence-electron chi connectivity index (χ1n) is 8.45. The summed E-state index contributed by atoms with van der Waals surface area (Å²) < 4.78 is 21.6. The van der Waals surface area contributed by atoms with Crippen molar-refractivity contribution in [3.05, 3.63) is 24.3 Å². The number of rotatable bonds is 15. The third-order valence-corrected chi connectivity index (χ3v) is 3.23. The number of anilines is 1. The van der Waals surface area contributed by atoms with Crippen molar-refractivity contribution in [2.45, 2.75) is 26.2 Å². The van der Waals surface area contributed by atoms with Crippen LogP contribution in [0.5, 0.6) is 5.75 Å². The van der Waals surface area contributed by atoms with E-state index < -0.39 is 0 Å². The van der Waals surface area contributed by atoms with E-state index in [2.05, 4.69) is 0 Å². The molecule has 2 N–H and O–H groups in total. The Balaban J connectivity index is 1.79. The normalized spacial score (nSPS) is 10.7. The average Bonchev–Trinajstić information content (AvgIpc) is 2.60. The summed E-state index contributed by atoms with van der Waals surface area (Å²) in [6.45, 7) is 5.37. The van der Waals surface area contributed by atoms with Crippen LogP contribution in [0.4, 0.5) is 5.69 Å². The van der Waals surface area contributed by atoms with Crippen molar-refractivity contribution in [3.63, 3.8) is 0 Å². The summed E-state index contributed by atoms with van der Waals surface area (Å²) in [6.07, 6.45) is 2.39. The number of benzene rings is 1. The number of ketones is 1. The SMILES string of the molecule is CCC(=O)COCCOCCOCCCCOc1ccc(N)cc1. The smallest absolute Gasteiger partial charge is 0.158 e. The molecule has 1 aromatic rings. The summed E-state index contributed by atoms with van der Waals surface area (Å²) in [5, 5.41) is 0. The van der Waals surface area contributed by atoms with Gasteiger partial charge in [0.1, 0.15) is 12.4 Å². The summed E-state index contributed by atoms with van der Waals surface area (Å²) in [4.78, 5) is 11.0. The third kappa shape index (κ3) is 11.0. The lowest BCUT2D eigenvalue weighted by atomic mass is 10.3. The maximum atomic E-state index is 11.0. The van der Waals surface area contributed by atoms with Crippen LogP contribution in [-0.2, 0) is 19.0 Å². The number of hydrogen-bond acceptors (Lipinski definition) is 6. The molecule has 0 aliphatic rings. The van der Waals surface area contributed by atoms with Crippen molar-refractivity contribution >= 4 is 11.5 Å². The fourth-order valence-corrected chi connectivity index (χ4v) is 1.79. The largest absolute Gasteiger partial charge is 0.494 e. The molecule has 0 bridgehead atoms. The van der Waals surface area contributed by atoms with Crippen molar-refractivity contribution in [2.24, 2.45) is 0 Å². The molecule has 0 spiro atoms. The molecule has 6 heteroatoms. The highest BCUT2D eigenvalue weighted by atomic mass is 16.5. The van der Waals surface area contributed by atoms with Gasteiger partial charge in [-0.15, -0.1) is 0 Å². The number of ether oxygens (including phenoxy) is 4. The molecule has 24 heavy (non-hydrogen) atoms. The average molecular weight is 339 g/mol. The lowest BCUT2D eigenvalue weighted by Crippen LogP contribution is -2.13. The Hall–Kier alpha value is -1.63. The zero-order valence-electron chi connectivity index (χ0n) is 14.5. The molecular weight excluding hydrogens is 310 g/mol. The Morgan fingerprint density at radius 3 is 2.12 bits per heavy atom. The van der Waals surface area contributed by atoms with Crippen LogP contribution in [0.2, 0.25) is 0 Å². The standard InChI is InChI=1S/C18H29NO5/c1-2-17(20)15-23-14-13-22-12-11-21-9-3-4-10-24-18-7-5-16(19)6-8-18/h5-8H,2-4,9-15,19H2,1H3. The fourth-order valence-electron chi connectivity index (χ4n) is 1.79. The maximum Gasteiger partial charge on any atom is 0.158 e. The van der Waals surface area contributed by atoms with E-state index in [1.54, 1.807) is 0 Å². The van der Waals surface area contributed by atoms with E-state index in [0.717, 1.165) is 24.3 Å². The van der Waals surface area contributed by atoms with Gasteiger partial charge in [-0.1, -0.05) is 6.92 Å². The molecule has 136 valence electrons. The van der Waals surface area contributed by atoms with Crippen molar-refractivity contribution in [2.75, 3.05) is 52.0 Å². The second kappa shape index (κ2) is 13.8. The number of carbonyl (C=O) groups excluding carboxylic acids is 1. The molecule has 0 aromatic heterocycles. The molecule has 1 rings (SSSR count). The molecule has 0 fully saturated rings. The second-order valence-electron chi connectivity index (χ2n) is 5.29. The van der Waals surface area contributed by atoms with Crippen molar-refractivity contribution < 1.29 is 23.7 Å². The van der Waals surface area contributed by atoms with Crippen molar-refractivity contribution in [3.8, 4) is 5.75 Å². The summed E-state index contributed by atoms with van der Waals surface area (Å²) in [5.41, 5.74) is 6.35. The number of unbranched alkanes of at least 4 members (excludes halogenated alkanes) is 1. The highest BCUT2D eigenvalue weighted by Crippen LogP contribution is 2.13. The molecule has 0 saturated heterocycles. The molecule has 0 saturated carbocycles. The predicted molar refractivity (Wildman–Crippen MR) is 93.3 cm³/mol. The molecule has 0 unspecified atom stereocenters. The van der Waals surface area contributed by atoms with E-state index in [9.17, 15) is 4.79 Å². The minimum Gasteiger partial charge on any atom is -0.494 e. The lowest BCUT2D eigenvalue weighted by molar-refractivity contribution is -0.123. The maximum absolute atomic E-state index is 11.0. The van der Waals surface area contributed by atoms with E-state index in [0.29, 0.717) is 46.1 Å². The van der Waals surface area contributed by atoms with Gasteiger partial charge in [-0.2, -0.15) is 0 Å². The van der Waals surface area contributed by atoms with Gasteiger partial charge in [-0.25, -0.2) is 0 Å². The van der Waals surface area contributed by atoms with Gasteiger partial charge in [0.25, 0.3) is 0 Å². The minimum absolute atomic E-state index is 0.110. The topological polar surface area (TPSA) is 80.0 Å². The van der Waals surface area contributed by atoms with Gasteiger partial charge < -0.3 is 24.7 Å². The predicted octanol–water partition coefficient (Wildman–Crippen LogP) is 2.46. The summed E-state index contributed by atoms with van der Waals surface area (Å²) in [5.74, 6) is 0.945. The van der Waals surface area contributed by atoms with Crippen LogP contribution in [0.25, 0.3) is 0 Å². The Bertz CT molecular complexity index is 436. The summed E-state index contributed by atoms with van der Waals surface area (Å²) >= 11 is 0. The van der Waals surface area contributed by atoms with Crippen LogP contribution >= 0.6 is 0 Å². The molecule has 0 atom stereocenters. The Morgan fingerprint density at radius 1 is 0.875 bits per heavy atom. The second-order valence-corrected chi connectivity index (χ2v) is 5.29. The van der Waals surface area contributed by atoms with Crippen LogP contribution in [0.15, 0.2) is 24.3 Å². The first kappa shape index (κ1) is 20.4. The number of hydrogen-bond donors (Lipinski definition) is 1. The number of Topliss-reactive ketones (excluding diaryl/α,β-unsaturated/α-hetero) is 1. The Morgan fingerprint density at radius 2 is 1.46 bits per heavy atom. The van der Waals surface area contributed by atoms with Crippen LogP contribution < -0.4 is 10.5 Å². The summed E-state index contributed by atoms with van der Waals surface area (Å²) in [6, 6.07) is 7.38.